The number of nitrogens with two attached hydrogens (primary N) is 1. The lowest BCUT2D eigenvalue weighted by Gasteiger charge is -2.04. The third kappa shape index (κ3) is 3.70. The van der Waals surface area contributed by atoms with Crippen molar-refractivity contribution < 1.29 is 0 Å². The van der Waals surface area contributed by atoms with Crippen LogP contribution in [0.25, 0.3) is 0 Å². The van der Waals surface area contributed by atoms with Crippen LogP contribution in [-0.4, -0.2) is 16.5 Å². The molecule has 0 bridgehead atoms. The Morgan fingerprint density at radius 2 is 2.15 bits per heavy atom. The Bertz CT molecular complexity index is 250. The van der Waals surface area contributed by atoms with Gasteiger partial charge in [-0.25, -0.2) is 9.97 Å². The quantitative estimate of drug-likeness (QED) is 0.807. The molecule has 0 spiro atoms. The third-order valence-corrected chi connectivity index (χ3v) is 1.69. The second-order valence-corrected chi connectivity index (χ2v) is 3.09. The summed E-state index contributed by atoms with van der Waals surface area (Å²) >= 11 is 0. The van der Waals surface area contributed by atoms with Crippen molar-refractivity contribution in [1.29, 1.82) is 0 Å². The Labute approximate surface area is 85.2 Å². The average molecular weight is 202 g/mol. The van der Waals surface area contributed by atoms with Crippen LogP contribution < -0.4 is 5.73 Å². The fourth-order valence-electron chi connectivity index (χ4n) is 0.986. The minimum atomic E-state index is 0. The monoisotopic (exact) mass is 201 g/mol. The second-order valence-electron chi connectivity index (χ2n) is 3.09. The van der Waals surface area contributed by atoms with Crippen LogP contribution in [0.4, 0.5) is 0 Å². The van der Waals surface area contributed by atoms with Crippen LogP contribution in [0.3, 0.4) is 0 Å². The van der Waals surface area contributed by atoms with E-state index in [0.717, 1.165) is 17.9 Å². The van der Waals surface area contributed by atoms with Crippen molar-refractivity contribution in [3.05, 3.63) is 23.8 Å². The van der Waals surface area contributed by atoms with E-state index in [1.165, 1.54) is 0 Å². The molecule has 2 N–H and O–H groups in total. The maximum absolute atomic E-state index is 5.41. The topological polar surface area (TPSA) is 51.8 Å². The van der Waals surface area contributed by atoms with E-state index in [4.69, 9.17) is 5.73 Å². The van der Waals surface area contributed by atoms with E-state index in [-0.39, 0.29) is 12.4 Å². The highest BCUT2D eigenvalue weighted by molar-refractivity contribution is 5.85. The molecule has 0 unspecified atom stereocenters. The van der Waals surface area contributed by atoms with Gasteiger partial charge in [-0.1, -0.05) is 13.8 Å². The molecular formula is C9H16ClN3. The highest BCUT2D eigenvalue weighted by Crippen LogP contribution is 2.09. The van der Waals surface area contributed by atoms with Crippen LogP contribution in [0.15, 0.2) is 12.3 Å². The molecule has 0 atom stereocenters. The van der Waals surface area contributed by atoms with Gasteiger partial charge in [0.15, 0.2) is 0 Å². The lowest BCUT2D eigenvalue weighted by Crippen LogP contribution is -2.07. The Hall–Kier alpha value is -0.670. The molecule has 3 nitrogen and oxygen atoms in total. The molecule has 1 heterocycles. The van der Waals surface area contributed by atoms with Crippen molar-refractivity contribution in [3.63, 3.8) is 0 Å². The summed E-state index contributed by atoms with van der Waals surface area (Å²) in [4.78, 5) is 8.49. The Morgan fingerprint density at radius 1 is 1.46 bits per heavy atom. The van der Waals surface area contributed by atoms with Crippen LogP contribution >= 0.6 is 12.4 Å². The minimum absolute atomic E-state index is 0. The zero-order valence-electron chi connectivity index (χ0n) is 8.03. The molecule has 4 heteroatoms. The van der Waals surface area contributed by atoms with Gasteiger partial charge in [-0.05, 0) is 18.5 Å². The zero-order valence-corrected chi connectivity index (χ0v) is 8.84. The van der Waals surface area contributed by atoms with E-state index in [2.05, 4.69) is 23.8 Å². The third-order valence-electron chi connectivity index (χ3n) is 1.69. The zero-order chi connectivity index (χ0) is 8.97. The minimum Gasteiger partial charge on any atom is -0.330 e. The molecule has 74 valence electrons. The molecule has 0 amide bonds. The molecule has 1 aromatic heterocycles. The lowest BCUT2D eigenvalue weighted by molar-refractivity contribution is 0.774. The fourth-order valence-corrected chi connectivity index (χ4v) is 0.986. The first kappa shape index (κ1) is 12.3. The number of hydrogen-bond acceptors (Lipinski definition) is 3. The number of halogens is 1. The molecule has 1 rings (SSSR count). The first-order valence-corrected chi connectivity index (χ1v) is 4.26. The van der Waals surface area contributed by atoms with Crippen molar-refractivity contribution in [2.75, 3.05) is 6.54 Å². The Morgan fingerprint density at radius 3 is 2.69 bits per heavy atom. The summed E-state index contributed by atoms with van der Waals surface area (Å²) in [7, 11) is 0. The van der Waals surface area contributed by atoms with Gasteiger partial charge in [0.2, 0.25) is 0 Å². The Balaban J connectivity index is 0.00000144. The fraction of sp³-hybridized carbons (Fsp3) is 0.556. The first-order chi connectivity index (χ1) is 5.74. The summed E-state index contributed by atoms with van der Waals surface area (Å²) in [5, 5.41) is 0. The van der Waals surface area contributed by atoms with E-state index in [9.17, 15) is 0 Å². The van der Waals surface area contributed by atoms with Gasteiger partial charge in [-0.15, -0.1) is 12.4 Å². The number of rotatable bonds is 3. The predicted molar refractivity (Wildman–Crippen MR) is 56.1 cm³/mol. The van der Waals surface area contributed by atoms with Gasteiger partial charge in [0.05, 0.1) is 0 Å². The summed E-state index contributed by atoms with van der Waals surface area (Å²) in [5.74, 6) is 1.31. The van der Waals surface area contributed by atoms with Crippen molar-refractivity contribution in [3.8, 4) is 0 Å². The van der Waals surface area contributed by atoms with Gasteiger partial charge in [-0.2, -0.15) is 0 Å². The molecule has 0 aliphatic rings. The normalized spacial score (nSPS) is 9.85. The predicted octanol–water partition coefficient (Wildman–Crippen LogP) is 1.52. The van der Waals surface area contributed by atoms with Crippen molar-refractivity contribution in [1.82, 2.24) is 9.97 Å². The molecule has 0 aliphatic carbocycles. The van der Waals surface area contributed by atoms with Crippen molar-refractivity contribution in [2.24, 2.45) is 5.73 Å². The second kappa shape index (κ2) is 5.89. The molecule has 0 radical (unpaired) electrons. The summed E-state index contributed by atoms with van der Waals surface area (Å²) < 4.78 is 0. The van der Waals surface area contributed by atoms with E-state index < -0.39 is 0 Å². The molecule has 0 fully saturated rings. The summed E-state index contributed by atoms with van der Waals surface area (Å²) in [6, 6.07) is 1.95. The van der Waals surface area contributed by atoms with Crippen LogP contribution in [-0.2, 0) is 6.42 Å². The van der Waals surface area contributed by atoms with Gasteiger partial charge in [0.1, 0.15) is 5.82 Å². The van der Waals surface area contributed by atoms with Gasteiger partial charge < -0.3 is 5.73 Å². The van der Waals surface area contributed by atoms with Crippen LogP contribution in [0.5, 0.6) is 0 Å². The SMILES string of the molecule is CC(C)c1ccnc(CCN)n1.Cl. The van der Waals surface area contributed by atoms with Crippen LogP contribution in [0.1, 0.15) is 31.3 Å². The van der Waals surface area contributed by atoms with Crippen molar-refractivity contribution in [2.45, 2.75) is 26.2 Å². The van der Waals surface area contributed by atoms with Gasteiger partial charge >= 0.3 is 0 Å². The maximum atomic E-state index is 5.41. The van der Waals surface area contributed by atoms with Crippen molar-refractivity contribution >= 4 is 12.4 Å². The molecule has 0 aliphatic heterocycles. The summed E-state index contributed by atoms with van der Waals surface area (Å²) in [5.41, 5.74) is 6.50. The van der Waals surface area contributed by atoms with E-state index >= 15 is 0 Å². The highest BCUT2D eigenvalue weighted by Gasteiger charge is 2.01. The van der Waals surface area contributed by atoms with Gasteiger partial charge in [0, 0.05) is 18.3 Å². The molecule has 1 aromatic rings. The van der Waals surface area contributed by atoms with E-state index in [1.807, 2.05) is 6.07 Å². The lowest BCUT2D eigenvalue weighted by atomic mass is 10.1. The summed E-state index contributed by atoms with van der Waals surface area (Å²) in [6.45, 7) is 4.85. The van der Waals surface area contributed by atoms with Gasteiger partial charge in [-0.3, -0.25) is 0 Å². The Kier molecular flexibility index (Phi) is 5.58. The van der Waals surface area contributed by atoms with E-state index in [0.29, 0.717) is 12.5 Å². The maximum Gasteiger partial charge on any atom is 0.129 e. The molecule has 0 saturated heterocycles. The van der Waals surface area contributed by atoms with Crippen LogP contribution in [0, 0.1) is 0 Å². The molecular weight excluding hydrogens is 186 g/mol. The average Bonchev–Trinajstić information content (AvgIpc) is 2.05. The molecule has 0 aromatic carbocycles. The number of nitrogens with zero attached hydrogens (tertiary/aromatic N) is 2. The summed E-state index contributed by atoms with van der Waals surface area (Å²) in [6.07, 6.45) is 2.56. The number of hydrogen-bond donors (Lipinski definition) is 1. The number of aromatic nitrogens is 2. The molecule has 13 heavy (non-hydrogen) atoms. The first-order valence-electron chi connectivity index (χ1n) is 4.26. The van der Waals surface area contributed by atoms with E-state index in [1.54, 1.807) is 6.20 Å². The van der Waals surface area contributed by atoms with Gasteiger partial charge in [0.25, 0.3) is 0 Å². The van der Waals surface area contributed by atoms with Crippen LogP contribution in [0.2, 0.25) is 0 Å². The standard InChI is InChI=1S/C9H15N3.ClH/c1-7(2)8-4-6-11-9(12-8)3-5-10;/h4,6-7H,3,5,10H2,1-2H3;1H. The molecule has 0 saturated carbocycles. The largest absolute Gasteiger partial charge is 0.330 e. The smallest absolute Gasteiger partial charge is 0.129 e. The highest BCUT2D eigenvalue weighted by atomic mass is 35.5.